The molecule has 1 aliphatic rings. The van der Waals surface area contributed by atoms with E-state index in [0.29, 0.717) is 12.4 Å². The van der Waals surface area contributed by atoms with Crippen LogP contribution >= 0.6 is 15.9 Å². The molecule has 0 atom stereocenters. The molecule has 1 aliphatic carbocycles. The Morgan fingerprint density at radius 1 is 1.32 bits per heavy atom. The van der Waals surface area contributed by atoms with Gasteiger partial charge in [-0.1, -0.05) is 25.7 Å². The highest BCUT2D eigenvalue weighted by Gasteiger charge is 2.37. The van der Waals surface area contributed by atoms with Crippen LogP contribution < -0.4 is 11.1 Å². The van der Waals surface area contributed by atoms with Crippen LogP contribution in [0.25, 0.3) is 0 Å². The van der Waals surface area contributed by atoms with E-state index in [9.17, 15) is 4.79 Å². The predicted octanol–water partition coefficient (Wildman–Crippen LogP) is 3.08. The molecule has 0 bridgehead atoms. The second-order valence-corrected chi connectivity index (χ2v) is 6.13. The van der Waals surface area contributed by atoms with Crippen LogP contribution in [0.15, 0.2) is 22.8 Å². The molecule has 0 aromatic carbocycles. The van der Waals surface area contributed by atoms with Gasteiger partial charge in [0.15, 0.2) is 0 Å². The molecule has 1 amide bonds. The molecule has 1 aromatic heterocycles. The molecule has 4 nitrogen and oxygen atoms in total. The SMILES string of the molecule is NCC1(C(=O)Nc2ccc(Br)cn2)CCCCCC1. The molecule has 0 radical (unpaired) electrons. The third-order valence-electron chi connectivity index (χ3n) is 3.90. The van der Waals surface area contributed by atoms with Crippen molar-refractivity contribution >= 4 is 27.7 Å². The zero-order chi connectivity index (χ0) is 13.7. The number of hydrogen-bond donors (Lipinski definition) is 2. The molecule has 0 saturated heterocycles. The average Bonchev–Trinajstić information content (AvgIpc) is 2.67. The normalized spacial score (nSPS) is 18.6. The van der Waals surface area contributed by atoms with Gasteiger partial charge in [0.05, 0.1) is 5.41 Å². The van der Waals surface area contributed by atoms with Gasteiger partial charge in [0.1, 0.15) is 5.82 Å². The number of anilines is 1. The first kappa shape index (κ1) is 14.5. The van der Waals surface area contributed by atoms with Crippen LogP contribution in [0.1, 0.15) is 38.5 Å². The highest BCUT2D eigenvalue weighted by molar-refractivity contribution is 9.10. The van der Waals surface area contributed by atoms with Crippen molar-refractivity contribution in [3.8, 4) is 0 Å². The first-order valence-corrected chi connectivity index (χ1v) is 7.59. The van der Waals surface area contributed by atoms with Gasteiger partial charge in [-0.15, -0.1) is 0 Å². The van der Waals surface area contributed by atoms with Crippen molar-refractivity contribution in [1.29, 1.82) is 0 Å². The van der Waals surface area contributed by atoms with Gasteiger partial charge in [-0.2, -0.15) is 0 Å². The van der Waals surface area contributed by atoms with Crippen LogP contribution in [0.3, 0.4) is 0 Å². The Bertz CT molecular complexity index is 425. The van der Waals surface area contributed by atoms with Crippen molar-refractivity contribution in [3.05, 3.63) is 22.8 Å². The summed E-state index contributed by atoms with van der Waals surface area (Å²) in [5, 5.41) is 2.91. The van der Waals surface area contributed by atoms with E-state index in [1.807, 2.05) is 6.07 Å². The molecule has 5 heteroatoms. The summed E-state index contributed by atoms with van der Waals surface area (Å²) in [6, 6.07) is 3.66. The first-order chi connectivity index (χ1) is 9.16. The smallest absolute Gasteiger partial charge is 0.233 e. The second kappa shape index (κ2) is 6.48. The molecule has 0 unspecified atom stereocenters. The number of carbonyl (C=O) groups excluding carboxylic acids is 1. The Morgan fingerprint density at radius 3 is 2.53 bits per heavy atom. The number of pyridine rings is 1. The number of nitrogens with zero attached hydrogens (tertiary/aromatic N) is 1. The van der Waals surface area contributed by atoms with Gasteiger partial charge in [0, 0.05) is 17.2 Å². The van der Waals surface area contributed by atoms with Crippen LogP contribution in [-0.2, 0) is 4.79 Å². The summed E-state index contributed by atoms with van der Waals surface area (Å²) in [7, 11) is 0. The first-order valence-electron chi connectivity index (χ1n) is 6.79. The lowest BCUT2D eigenvalue weighted by Crippen LogP contribution is -2.42. The lowest BCUT2D eigenvalue weighted by atomic mass is 9.79. The standard InChI is InChI=1S/C14H20BrN3O/c15-11-5-6-12(17-9-11)18-13(19)14(10-16)7-3-1-2-4-8-14/h5-6,9H,1-4,7-8,10,16H2,(H,17,18,19). The van der Waals surface area contributed by atoms with Crippen LogP contribution in [0.4, 0.5) is 5.82 Å². The number of nitrogens with two attached hydrogens (primary N) is 1. The molecule has 0 aliphatic heterocycles. The van der Waals surface area contributed by atoms with Gasteiger partial charge in [0.2, 0.25) is 5.91 Å². The molecular formula is C14H20BrN3O. The molecule has 1 aromatic rings. The fraction of sp³-hybridized carbons (Fsp3) is 0.571. The minimum atomic E-state index is -0.411. The number of nitrogens with one attached hydrogen (secondary N) is 1. The van der Waals surface area contributed by atoms with Crippen molar-refractivity contribution in [1.82, 2.24) is 4.98 Å². The molecule has 3 N–H and O–H groups in total. The van der Waals surface area contributed by atoms with E-state index in [-0.39, 0.29) is 5.91 Å². The monoisotopic (exact) mass is 325 g/mol. The molecular weight excluding hydrogens is 306 g/mol. The summed E-state index contributed by atoms with van der Waals surface area (Å²) < 4.78 is 0.897. The van der Waals surface area contributed by atoms with Crippen LogP contribution in [0.2, 0.25) is 0 Å². The number of hydrogen-bond acceptors (Lipinski definition) is 3. The van der Waals surface area contributed by atoms with Crippen molar-refractivity contribution in [2.45, 2.75) is 38.5 Å². The van der Waals surface area contributed by atoms with Crippen molar-refractivity contribution in [2.24, 2.45) is 11.1 Å². The Kier molecular flexibility index (Phi) is 4.93. The number of rotatable bonds is 3. The minimum absolute atomic E-state index is 0.0201. The van der Waals surface area contributed by atoms with Gasteiger partial charge >= 0.3 is 0 Å². The molecule has 1 fully saturated rings. The summed E-state index contributed by atoms with van der Waals surface area (Å²) in [6.07, 6.45) is 8.00. The lowest BCUT2D eigenvalue weighted by molar-refractivity contribution is -0.125. The van der Waals surface area contributed by atoms with Crippen LogP contribution in [0, 0.1) is 5.41 Å². The maximum atomic E-state index is 12.5. The van der Waals surface area contributed by atoms with Crippen LogP contribution in [0.5, 0.6) is 0 Å². The Morgan fingerprint density at radius 2 is 2.00 bits per heavy atom. The summed E-state index contributed by atoms with van der Waals surface area (Å²) in [5.74, 6) is 0.608. The van der Waals surface area contributed by atoms with Crippen molar-refractivity contribution < 1.29 is 4.79 Å². The van der Waals surface area contributed by atoms with Crippen molar-refractivity contribution in [2.75, 3.05) is 11.9 Å². The third-order valence-corrected chi connectivity index (χ3v) is 4.37. The minimum Gasteiger partial charge on any atom is -0.329 e. The Hall–Kier alpha value is -0.940. The summed E-state index contributed by atoms with van der Waals surface area (Å²) in [4.78, 5) is 16.7. The largest absolute Gasteiger partial charge is 0.329 e. The van der Waals surface area contributed by atoms with E-state index >= 15 is 0 Å². The fourth-order valence-corrected chi connectivity index (χ4v) is 2.86. The Balaban J connectivity index is 2.09. The molecule has 104 valence electrons. The van der Waals surface area contributed by atoms with Crippen LogP contribution in [-0.4, -0.2) is 17.4 Å². The number of aromatic nitrogens is 1. The molecule has 19 heavy (non-hydrogen) atoms. The fourth-order valence-electron chi connectivity index (χ4n) is 2.63. The third kappa shape index (κ3) is 3.54. The summed E-state index contributed by atoms with van der Waals surface area (Å²) in [6.45, 7) is 0.412. The molecule has 1 heterocycles. The number of carbonyl (C=O) groups is 1. The summed E-state index contributed by atoms with van der Waals surface area (Å²) >= 11 is 3.33. The zero-order valence-electron chi connectivity index (χ0n) is 11.0. The Labute approximate surface area is 122 Å². The highest BCUT2D eigenvalue weighted by Crippen LogP contribution is 2.35. The van der Waals surface area contributed by atoms with E-state index < -0.39 is 5.41 Å². The second-order valence-electron chi connectivity index (χ2n) is 5.21. The number of amides is 1. The van der Waals surface area contributed by atoms with E-state index in [2.05, 4.69) is 26.2 Å². The van der Waals surface area contributed by atoms with Gasteiger partial charge in [-0.25, -0.2) is 4.98 Å². The predicted molar refractivity (Wildman–Crippen MR) is 79.8 cm³/mol. The lowest BCUT2D eigenvalue weighted by Gasteiger charge is -2.29. The van der Waals surface area contributed by atoms with Gasteiger partial charge < -0.3 is 11.1 Å². The van der Waals surface area contributed by atoms with E-state index in [1.54, 1.807) is 12.3 Å². The highest BCUT2D eigenvalue weighted by atomic mass is 79.9. The maximum Gasteiger partial charge on any atom is 0.233 e. The van der Waals surface area contributed by atoms with Gasteiger partial charge in [0.25, 0.3) is 0 Å². The van der Waals surface area contributed by atoms with E-state index in [4.69, 9.17) is 5.73 Å². The number of halogens is 1. The molecule has 0 spiro atoms. The van der Waals surface area contributed by atoms with E-state index in [1.165, 1.54) is 12.8 Å². The van der Waals surface area contributed by atoms with E-state index in [0.717, 1.165) is 30.2 Å². The quantitative estimate of drug-likeness (QED) is 0.839. The van der Waals surface area contributed by atoms with Gasteiger partial charge in [-0.05, 0) is 40.9 Å². The zero-order valence-corrected chi connectivity index (χ0v) is 12.6. The van der Waals surface area contributed by atoms with Gasteiger partial charge in [-0.3, -0.25) is 4.79 Å². The van der Waals surface area contributed by atoms with Crippen molar-refractivity contribution in [3.63, 3.8) is 0 Å². The maximum absolute atomic E-state index is 12.5. The summed E-state index contributed by atoms with van der Waals surface area (Å²) in [5.41, 5.74) is 5.49. The average molecular weight is 326 g/mol. The molecule has 2 rings (SSSR count). The molecule has 1 saturated carbocycles. The topological polar surface area (TPSA) is 68.0 Å².